The van der Waals surface area contributed by atoms with E-state index in [4.69, 9.17) is 0 Å². The molecule has 0 heterocycles. The highest BCUT2D eigenvalue weighted by Gasteiger charge is 2.17. The zero-order valence-corrected chi connectivity index (χ0v) is 11.9. The van der Waals surface area contributed by atoms with Gasteiger partial charge < -0.3 is 10.4 Å². The molecule has 0 aliphatic carbocycles. The van der Waals surface area contributed by atoms with E-state index < -0.39 is 11.7 Å². The molecule has 112 valence electrons. The number of nitrogens with one attached hydrogen (secondary N) is 2. The van der Waals surface area contributed by atoms with Crippen molar-refractivity contribution in [3.63, 3.8) is 0 Å². The molecule has 0 fully saturated rings. The lowest BCUT2D eigenvalue weighted by Crippen LogP contribution is -2.29. The lowest BCUT2D eigenvalue weighted by molar-refractivity contribution is -0.114. The first-order valence-electron chi connectivity index (χ1n) is 6.56. The van der Waals surface area contributed by atoms with Crippen LogP contribution in [0.5, 0.6) is 5.75 Å². The summed E-state index contributed by atoms with van der Waals surface area (Å²) in [5, 5.41) is 15.6. The number of Topliss-reactive ketones (excluding diaryl/α,β-unsaturated/α-hetero) is 1. The van der Waals surface area contributed by atoms with Gasteiger partial charge in [-0.1, -0.05) is 18.2 Å². The number of phenolic OH excluding ortho intramolecular Hbond substituents is 1. The Morgan fingerprint density at radius 3 is 2.18 bits per heavy atom. The standard InChI is InChI=1S/C16H15N3O3/c1-11(20)15(16(22)17-12-5-3-2-4-6-12)19-18-13-7-9-14(21)10-8-13/h2-10,18,21H,1H3,(H,17,22)/b19-15-. The van der Waals surface area contributed by atoms with Gasteiger partial charge in [-0.25, -0.2) is 0 Å². The first kappa shape index (κ1) is 15.2. The van der Waals surface area contributed by atoms with Crippen molar-refractivity contribution in [2.75, 3.05) is 10.7 Å². The Labute approximate surface area is 127 Å². The predicted octanol–water partition coefficient (Wildman–Crippen LogP) is 2.39. The fraction of sp³-hybridized carbons (Fsp3) is 0.0625. The van der Waals surface area contributed by atoms with E-state index in [-0.39, 0.29) is 11.5 Å². The molecule has 22 heavy (non-hydrogen) atoms. The Morgan fingerprint density at radius 2 is 1.59 bits per heavy atom. The number of para-hydroxylation sites is 1. The van der Waals surface area contributed by atoms with Gasteiger partial charge in [0.1, 0.15) is 5.75 Å². The molecule has 0 aromatic heterocycles. The average Bonchev–Trinajstić information content (AvgIpc) is 2.50. The van der Waals surface area contributed by atoms with Gasteiger partial charge in [0.2, 0.25) is 0 Å². The number of nitrogens with zero attached hydrogens (tertiary/aromatic N) is 1. The second-order valence-corrected chi connectivity index (χ2v) is 4.50. The highest BCUT2D eigenvalue weighted by atomic mass is 16.3. The zero-order valence-electron chi connectivity index (χ0n) is 11.9. The average molecular weight is 297 g/mol. The van der Waals surface area contributed by atoms with Crippen LogP contribution in [0.3, 0.4) is 0 Å². The zero-order chi connectivity index (χ0) is 15.9. The molecule has 3 N–H and O–H groups in total. The van der Waals surface area contributed by atoms with E-state index in [1.165, 1.54) is 19.1 Å². The number of amides is 1. The van der Waals surface area contributed by atoms with Crippen molar-refractivity contribution in [3.8, 4) is 5.75 Å². The topological polar surface area (TPSA) is 90.8 Å². The predicted molar refractivity (Wildman–Crippen MR) is 84.9 cm³/mol. The number of phenols is 1. The molecule has 0 saturated carbocycles. The molecular weight excluding hydrogens is 282 g/mol. The third kappa shape index (κ3) is 4.17. The van der Waals surface area contributed by atoms with E-state index in [0.29, 0.717) is 11.4 Å². The van der Waals surface area contributed by atoms with Crippen LogP contribution in [0, 0.1) is 0 Å². The first-order chi connectivity index (χ1) is 10.6. The molecule has 0 aliphatic rings. The third-order valence-corrected chi connectivity index (χ3v) is 2.74. The molecule has 0 radical (unpaired) electrons. The minimum absolute atomic E-state index is 0.114. The van der Waals surface area contributed by atoms with Gasteiger partial charge in [-0.15, -0.1) is 0 Å². The fourth-order valence-corrected chi connectivity index (χ4v) is 1.66. The van der Waals surface area contributed by atoms with Gasteiger partial charge in [-0.05, 0) is 36.4 Å². The SMILES string of the molecule is CC(=O)/C(=N/Nc1ccc(O)cc1)C(=O)Nc1ccccc1. The molecule has 1 amide bonds. The van der Waals surface area contributed by atoms with Crippen molar-refractivity contribution < 1.29 is 14.7 Å². The second-order valence-electron chi connectivity index (χ2n) is 4.50. The molecular formula is C16H15N3O3. The van der Waals surface area contributed by atoms with E-state index in [1.54, 1.807) is 36.4 Å². The Morgan fingerprint density at radius 1 is 0.955 bits per heavy atom. The summed E-state index contributed by atoms with van der Waals surface area (Å²) in [6, 6.07) is 14.9. The molecule has 2 aromatic rings. The summed E-state index contributed by atoms with van der Waals surface area (Å²) in [6.07, 6.45) is 0. The summed E-state index contributed by atoms with van der Waals surface area (Å²) >= 11 is 0. The van der Waals surface area contributed by atoms with Crippen molar-refractivity contribution in [2.24, 2.45) is 5.10 Å². The van der Waals surface area contributed by atoms with Crippen molar-refractivity contribution in [2.45, 2.75) is 6.92 Å². The lowest BCUT2D eigenvalue weighted by Gasteiger charge is -2.06. The fourth-order valence-electron chi connectivity index (χ4n) is 1.66. The Bertz CT molecular complexity index is 694. The molecule has 0 bridgehead atoms. The van der Waals surface area contributed by atoms with Crippen LogP contribution in [0.1, 0.15) is 6.92 Å². The summed E-state index contributed by atoms with van der Waals surface area (Å²) < 4.78 is 0. The summed E-state index contributed by atoms with van der Waals surface area (Å²) in [5.41, 5.74) is 3.50. The monoisotopic (exact) mass is 297 g/mol. The van der Waals surface area contributed by atoms with Gasteiger partial charge >= 0.3 is 0 Å². The maximum atomic E-state index is 12.1. The van der Waals surface area contributed by atoms with E-state index in [9.17, 15) is 14.7 Å². The van der Waals surface area contributed by atoms with Crippen molar-refractivity contribution in [1.82, 2.24) is 0 Å². The molecule has 2 rings (SSSR count). The van der Waals surface area contributed by atoms with E-state index in [0.717, 1.165) is 0 Å². The number of carbonyl (C=O) groups is 2. The van der Waals surface area contributed by atoms with Crippen LogP contribution in [0.4, 0.5) is 11.4 Å². The van der Waals surface area contributed by atoms with Crippen LogP contribution in [0.15, 0.2) is 59.7 Å². The number of aromatic hydroxyl groups is 1. The Hall–Kier alpha value is -3.15. The normalized spacial score (nSPS) is 10.9. The van der Waals surface area contributed by atoms with Crippen molar-refractivity contribution >= 4 is 28.8 Å². The van der Waals surface area contributed by atoms with Crippen molar-refractivity contribution in [1.29, 1.82) is 0 Å². The quantitative estimate of drug-likeness (QED) is 0.342. The smallest absolute Gasteiger partial charge is 0.279 e. The second kappa shape index (κ2) is 7.03. The number of hydrogen-bond acceptors (Lipinski definition) is 5. The van der Waals surface area contributed by atoms with Crippen LogP contribution < -0.4 is 10.7 Å². The minimum atomic E-state index is -0.593. The molecule has 0 spiro atoms. The van der Waals surface area contributed by atoms with Crippen molar-refractivity contribution in [3.05, 3.63) is 54.6 Å². The maximum Gasteiger partial charge on any atom is 0.279 e. The minimum Gasteiger partial charge on any atom is -0.508 e. The lowest BCUT2D eigenvalue weighted by atomic mass is 10.2. The third-order valence-electron chi connectivity index (χ3n) is 2.74. The largest absolute Gasteiger partial charge is 0.508 e. The molecule has 0 saturated heterocycles. The van der Waals surface area contributed by atoms with Crippen LogP contribution in [0.2, 0.25) is 0 Å². The summed E-state index contributed by atoms with van der Waals surface area (Å²) in [4.78, 5) is 23.7. The van der Waals surface area contributed by atoms with Gasteiger partial charge in [0.05, 0.1) is 5.69 Å². The van der Waals surface area contributed by atoms with Gasteiger partial charge in [-0.3, -0.25) is 15.0 Å². The Balaban J connectivity index is 2.11. The molecule has 2 aromatic carbocycles. The van der Waals surface area contributed by atoms with Gasteiger partial charge in [-0.2, -0.15) is 5.10 Å². The van der Waals surface area contributed by atoms with Crippen LogP contribution in [-0.2, 0) is 9.59 Å². The van der Waals surface area contributed by atoms with Crippen LogP contribution in [-0.4, -0.2) is 22.5 Å². The maximum absolute atomic E-state index is 12.1. The number of hydrogen-bond donors (Lipinski definition) is 3. The number of rotatable bonds is 5. The Kier molecular flexibility index (Phi) is 4.87. The van der Waals surface area contributed by atoms with Crippen LogP contribution in [0.25, 0.3) is 0 Å². The number of anilines is 2. The molecule has 0 aliphatic heterocycles. The van der Waals surface area contributed by atoms with Gasteiger partial charge in [0.15, 0.2) is 11.5 Å². The van der Waals surface area contributed by atoms with E-state index >= 15 is 0 Å². The van der Waals surface area contributed by atoms with E-state index in [2.05, 4.69) is 15.8 Å². The summed E-state index contributed by atoms with van der Waals surface area (Å²) in [5.74, 6) is -0.937. The van der Waals surface area contributed by atoms with Gasteiger partial charge in [0.25, 0.3) is 5.91 Å². The number of ketones is 1. The van der Waals surface area contributed by atoms with Gasteiger partial charge in [0, 0.05) is 12.6 Å². The highest BCUT2D eigenvalue weighted by molar-refractivity contribution is 6.67. The number of hydrazone groups is 1. The molecule has 0 unspecified atom stereocenters. The molecule has 6 nitrogen and oxygen atoms in total. The van der Waals surface area contributed by atoms with Crippen LogP contribution >= 0.6 is 0 Å². The number of benzene rings is 2. The van der Waals surface area contributed by atoms with E-state index in [1.807, 2.05) is 6.07 Å². The number of carbonyl (C=O) groups excluding carboxylic acids is 2. The molecule has 0 atom stereocenters. The molecule has 6 heteroatoms. The highest BCUT2D eigenvalue weighted by Crippen LogP contribution is 2.13. The first-order valence-corrected chi connectivity index (χ1v) is 6.56. The summed E-state index contributed by atoms with van der Waals surface area (Å²) in [6.45, 7) is 1.27. The summed E-state index contributed by atoms with van der Waals surface area (Å²) in [7, 11) is 0.